The van der Waals surface area contributed by atoms with Crippen molar-refractivity contribution in [3.63, 3.8) is 0 Å². The molecule has 3 heteroatoms. The largest absolute Gasteiger partial charge is 0.374 e. The predicted octanol–water partition coefficient (Wildman–Crippen LogP) is 2.79. The van der Waals surface area contributed by atoms with Gasteiger partial charge in [-0.15, -0.1) is 0 Å². The van der Waals surface area contributed by atoms with Crippen molar-refractivity contribution in [1.29, 1.82) is 0 Å². The molecule has 2 unspecified atom stereocenters. The van der Waals surface area contributed by atoms with Gasteiger partial charge in [-0.25, -0.2) is 0 Å². The van der Waals surface area contributed by atoms with Crippen LogP contribution in [-0.2, 0) is 4.74 Å². The van der Waals surface area contributed by atoms with E-state index in [4.69, 9.17) is 4.74 Å². The van der Waals surface area contributed by atoms with Crippen LogP contribution in [0.5, 0.6) is 0 Å². The van der Waals surface area contributed by atoms with E-state index in [1.54, 1.807) is 0 Å². The Morgan fingerprint density at radius 2 is 1.85 bits per heavy atom. The average Bonchev–Trinajstić information content (AvgIpc) is 2.45. The summed E-state index contributed by atoms with van der Waals surface area (Å²) in [5.41, 5.74) is 2.75. The first-order valence-electron chi connectivity index (χ1n) is 7.69. The molecule has 1 aromatic carbocycles. The van der Waals surface area contributed by atoms with Crippen molar-refractivity contribution in [3.05, 3.63) is 35.4 Å². The maximum Gasteiger partial charge on any atom is 0.0826 e. The van der Waals surface area contributed by atoms with E-state index in [1.165, 1.54) is 11.1 Å². The van der Waals surface area contributed by atoms with Gasteiger partial charge in [0.05, 0.1) is 12.7 Å². The van der Waals surface area contributed by atoms with Crippen LogP contribution in [0, 0.1) is 0 Å². The van der Waals surface area contributed by atoms with E-state index in [0.717, 1.165) is 26.2 Å². The van der Waals surface area contributed by atoms with Crippen LogP contribution in [0.1, 0.15) is 43.9 Å². The summed E-state index contributed by atoms with van der Waals surface area (Å²) in [7, 11) is 2.16. The van der Waals surface area contributed by atoms with Crippen molar-refractivity contribution in [2.75, 3.05) is 33.3 Å². The highest BCUT2D eigenvalue weighted by Gasteiger charge is 2.18. The van der Waals surface area contributed by atoms with Gasteiger partial charge < -0.3 is 15.0 Å². The fraction of sp³-hybridized carbons (Fsp3) is 0.647. The second-order valence-electron chi connectivity index (χ2n) is 6.21. The SMILES string of the molecule is CC(C)c1ccc(C(C)NCC2CN(C)CCO2)cc1. The van der Waals surface area contributed by atoms with E-state index in [0.29, 0.717) is 18.1 Å². The lowest BCUT2D eigenvalue weighted by atomic mass is 9.99. The monoisotopic (exact) mass is 276 g/mol. The molecule has 1 fully saturated rings. The molecule has 1 saturated heterocycles. The Balaban J connectivity index is 1.83. The van der Waals surface area contributed by atoms with Crippen molar-refractivity contribution >= 4 is 0 Å². The van der Waals surface area contributed by atoms with Crippen LogP contribution >= 0.6 is 0 Å². The molecule has 3 nitrogen and oxygen atoms in total. The molecule has 0 spiro atoms. The summed E-state index contributed by atoms with van der Waals surface area (Å²) in [4.78, 5) is 2.33. The van der Waals surface area contributed by atoms with Gasteiger partial charge in [-0.05, 0) is 31.0 Å². The zero-order chi connectivity index (χ0) is 14.5. The Labute approximate surface area is 123 Å². The zero-order valence-corrected chi connectivity index (χ0v) is 13.2. The summed E-state index contributed by atoms with van der Waals surface area (Å²) in [6.45, 7) is 10.5. The molecule has 2 rings (SSSR count). The molecule has 0 aliphatic carbocycles. The lowest BCUT2D eigenvalue weighted by molar-refractivity contribution is -0.0190. The van der Waals surface area contributed by atoms with Crippen LogP contribution in [0.15, 0.2) is 24.3 Å². The summed E-state index contributed by atoms with van der Waals surface area (Å²) >= 11 is 0. The summed E-state index contributed by atoms with van der Waals surface area (Å²) in [5, 5.41) is 3.59. The van der Waals surface area contributed by atoms with E-state index >= 15 is 0 Å². The lowest BCUT2D eigenvalue weighted by Gasteiger charge is -2.31. The Hall–Kier alpha value is -0.900. The second-order valence-corrected chi connectivity index (χ2v) is 6.21. The highest BCUT2D eigenvalue weighted by atomic mass is 16.5. The van der Waals surface area contributed by atoms with Gasteiger partial charge in [0, 0.05) is 25.7 Å². The first kappa shape index (κ1) is 15.5. The number of ether oxygens (including phenoxy) is 1. The quantitative estimate of drug-likeness (QED) is 0.895. The molecule has 1 aromatic rings. The maximum absolute atomic E-state index is 5.78. The van der Waals surface area contributed by atoms with Crippen LogP contribution in [0.2, 0.25) is 0 Å². The number of nitrogens with zero attached hydrogens (tertiary/aromatic N) is 1. The minimum atomic E-state index is 0.311. The Morgan fingerprint density at radius 1 is 1.20 bits per heavy atom. The van der Waals surface area contributed by atoms with E-state index in [2.05, 4.69) is 62.3 Å². The average molecular weight is 276 g/mol. The van der Waals surface area contributed by atoms with Gasteiger partial charge in [0.1, 0.15) is 0 Å². The van der Waals surface area contributed by atoms with Crippen molar-refractivity contribution in [1.82, 2.24) is 10.2 Å². The molecular formula is C17H28N2O. The van der Waals surface area contributed by atoms with Crippen LogP contribution in [0.4, 0.5) is 0 Å². The summed E-state index contributed by atoms with van der Waals surface area (Å²) < 4.78 is 5.78. The summed E-state index contributed by atoms with van der Waals surface area (Å²) in [5.74, 6) is 0.596. The summed E-state index contributed by atoms with van der Waals surface area (Å²) in [6.07, 6.45) is 0.311. The number of rotatable bonds is 5. The van der Waals surface area contributed by atoms with E-state index in [-0.39, 0.29) is 0 Å². The number of morpholine rings is 1. The number of likely N-dealkylation sites (N-methyl/N-ethyl adjacent to an activating group) is 1. The molecule has 0 bridgehead atoms. The van der Waals surface area contributed by atoms with Crippen molar-refractivity contribution in [2.24, 2.45) is 0 Å². The third-order valence-corrected chi connectivity index (χ3v) is 4.10. The number of nitrogens with one attached hydrogen (secondary N) is 1. The van der Waals surface area contributed by atoms with Gasteiger partial charge in [-0.1, -0.05) is 38.1 Å². The van der Waals surface area contributed by atoms with Crippen molar-refractivity contribution < 1.29 is 4.74 Å². The molecule has 0 radical (unpaired) electrons. The summed E-state index contributed by atoms with van der Waals surface area (Å²) in [6, 6.07) is 9.32. The lowest BCUT2D eigenvalue weighted by Crippen LogP contribution is -2.45. The standard InChI is InChI=1S/C17H28N2O/c1-13(2)15-5-7-16(8-6-15)14(3)18-11-17-12-19(4)9-10-20-17/h5-8,13-14,17-18H,9-12H2,1-4H3. The first-order valence-corrected chi connectivity index (χ1v) is 7.69. The fourth-order valence-corrected chi connectivity index (χ4v) is 2.59. The molecule has 1 aliphatic heterocycles. The van der Waals surface area contributed by atoms with Gasteiger partial charge >= 0.3 is 0 Å². The van der Waals surface area contributed by atoms with E-state index in [1.807, 2.05) is 0 Å². The highest BCUT2D eigenvalue weighted by molar-refractivity contribution is 5.26. The Bertz CT molecular complexity index is 402. The molecule has 0 saturated carbocycles. The van der Waals surface area contributed by atoms with Crippen LogP contribution < -0.4 is 5.32 Å². The number of hydrogen-bond donors (Lipinski definition) is 1. The first-order chi connectivity index (χ1) is 9.56. The van der Waals surface area contributed by atoms with Gasteiger partial charge in [-0.3, -0.25) is 0 Å². The molecule has 112 valence electrons. The van der Waals surface area contributed by atoms with E-state index < -0.39 is 0 Å². The molecule has 0 amide bonds. The van der Waals surface area contributed by atoms with Gasteiger partial charge in [-0.2, -0.15) is 0 Å². The molecule has 2 atom stereocenters. The zero-order valence-electron chi connectivity index (χ0n) is 13.2. The predicted molar refractivity (Wildman–Crippen MR) is 84.2 cm³/mol. The van der Waals surface area contributed by atoms with Gasteiger partial charge in [0.2, 0.25) is 0 Å². The molecule has 1 N–H and O–H groups in total. The van der Waals surface area contributed by atoms with Crippen molar-refractivity contribution in [3.8, 4) is 0 Å². The fourth-order valence-electron chi connectivity index (χ4n) is 2.59. The third-order valence-electron chi connectivity index (χ3n) is 4.10. The maximum atomic E-state index is 5.78. The van der Waals surface area contributed by atoms with Gasteiger partial charge in [0.25, 0.3) is 0 Å². The highest BCUT2D eigenvalue weighted by Crippen LogP contribution is 2.18. The Morgan fingerprint density at radius 3 is 2.45 bits per heavy atom. The normalized spacial score (nSPS) is 22.1. The minimum Gasteiger partial charge on any atom is -0.374 e. The smallest absolute Gasteiger partial charge is 0.0826 e. The molecule has 1 heterocycles. The van der Waals surface area contributed by atoms with Gasteiger partial charge in [0.15, 0.2) is 0 Å². The topological polar surface area (TPSA) is 24.5 Å². The van der Waals surface area contributed by atoms with Crippen molar-refractivity contribution in [2.45, 2.75) is 38.8 Å². The minimum absolute atomic E-state index is 0.311. The Kier molecular flexibility index (Phi) is 5.58. The second kappa shape index (κ2) is 7.21. The number of hydrogen-bond acceptors (Lipinski definition) is 3. The number of benzene rings is 1. The molecule has 20 heavy (non-hydrogen) atoms. The van der Waals surface area contributed by atoms with Crippen LogP contribution in [-0.4, -0.2) is 44.3 Å². The van der Waals surface area contributed by atoms with E-state index in [9.17, 15) is 0 Å². The molecule has 1 aliphatic rings. The molecule has 0 aromatic heterocycles. The molecular weight excluding hydrogens is 248 g/mol. The van der Waals surface area contributed by atoms with Crippen LogP contribution in [0.3, 0.4) is 0 Å². The third kappa shape index (κ3) is 4.30. The van der Waals surface area contributed by atoms with Crippen LogP contribution in [0.25, 0.3) is 0 Å².